The van der Waals surface area contributed by atoms with E-state index in [-0.39, 0.29) is 29.8 Å². The first-order valence-electron chi connectivity index (χ1n) is 15.8. The third-order valence-electron chi connectivity index (χ3n) is 7.88. The first-order chi connectivity index (χ1) is 19.1. The fraction of sp³-hybridized carbons (Fsp3) is 0.735. The molecule has 41 heavy (non-hydrogen) atoms. The summed E-state index contributed by atoms with van der Waals surface area (Å²) in [5, 5.41) is 6.21. The third-order valence-corrected chi connectivity index (χ3v) is 7.88. The number of rotatable bonds is 12. The highest BCUT2D eigenvalue weighted by Gasteiger charge is 2.40. The van der Waals surface area contributed by atoms with E-state index in [9.17, 15) is 14.4 Å². The summed E-state index contributed by atoms with van der Waals surface area (Å²) in [5.41, 5.74) is 2.12. The zero-order chi connectivity index (χ0) is 30.9. The Labute approximate surface area is 249 Å². The van der Waals surface area contributed by atoms with Crippen molar-refractivity contribution in [3.05, 3.63) is 34.9 Å². The molecule has 0 radical (unpaired) electrons. The summed E-state index contributed by atoms with van der Waals surface area (Å²) in [6, 6.07) is 4.27. The van der Waals surface area contributed by atoms with Crippen LogP contribution in [-0.2, 0) is 14.3 Å². The number of carbonyl (C=O) groups excluding carboxylic acids is 3. The molecule has 1 aromatic rings. The molecule has 0 heterocycles. The zero-order valence-corrected chi connectivity index (χ0v) is 27.4. The predicted molar refractivity (Wildman–Crippen MR) is 167 cm³/mol. The van der Waals surface area contributed by atoms with E-state index in [1.165, 1.54) is 6.42 Å². The molecular formula is C34H57N3O4. The van der Waals surface area contributed by atoms with Crippen LogP contribution in [0.5, 0.6) is 0 Å². The van der Waals surface area contributed by atoms with E-state index >= 15 is 0 Å². The molecule has 0 aliphatic heterocycles. The molecule has 3 unspecified atom stereocenters. The maximum atomic E-state index is 14.7. The molecule has 232 valence electrons. The Bertz CT molecular complexity index is 987. The van der Waals surface area contributed by atoms with Crippen molar-refractivity contribution in [2.75, 3.05) is 0 Å². The van der Waals surface area contributed by atoms with E-state index < -0.39 is 23.8 Å². The highest BCUT2D eigenvalue weighted by molar-refractivity contribution is 5.93. The van der Waals surface area contributed by atoms with Crippen molar-refractivity contribution in [3.8, 4) is 0 Å². The fourth-order valence-corrected chi connectivity index (χ4v) is 5.82. The monoisotopic (exact) mass is 571 g/mol. The second-order valence-corrected chi connectivity index (χ2v) is 13.9. The lowest BCUT2D eigenvalue weighted by Crippen LogP contribution is -2.56. The number of alkyl carbamates (subject to hydrolysis) is 1. The average molecular weight is 572 g/mol. The molecule has 2 N–H and O–H groups in total. The molecular weight excluding hydrogens is 514 g/mol. The van der Waals surface area contributed by atoms with E-state index in [0.29, 0.717) is 12.3 Å². The number of nitrogens with one attached hydrogen (secondary N) is 2. The van der Waals surface area contributed by atoms with Crippen molar-refractivity contribution in [2.24, 2.45) is 11.8 Å². The van der Waals surface area contributed by atoms with E-state index in [1.54, 1.807) is 25.7 Å². The zero-order valence-electron chi connectivity index (χ0n) is 27.4. The molecule has 1 aliphatic carbocycles. The molecule has 0 aromatic heterocycles. The Kier molecular flexibility index (Phi) is 13.2. The van der Waals surface area contributed by atoms with Crippen LogP contribution in [0.25, 0.3) is 0 Å². The van der Waals surface area contributed by atoms with Crippen molar-refractivity contribution in [1.82, 2.24) is 15.5 Å². The predicted octanol–water partition coefficient (Wildman–Crippen LogP) is 7.39. The number of ether oxygens (including phenoxy) is 1. The Hall–Kier alpha value is -2.57. The Morgan fingerprint density at radius 2 is 1.51 bits per heavy atom. The standard InChI is InChI=1S/C34H57N3O4/c1-22(2)19-20-26(7)37(32(39)28(21-23(3)4)36-33(40)41-34(8,9)10)30(29-24(5)15-14-16-25(29)6)31(38)35-27-17-12-11-13-18-27/h14-16,22-23,26-28,30H,11-13,17-21H2,1-10H3,(H,35,38)(H,36,40). The summed E-state index contributed by atoms with van der Waals surface area (Å²) in [6.07, 6.45) is 6.79. The quantitative estimate of drug-likeness (QED) is 0.274. The van der Waals surface area contributed by atoms with Crippen molar-refractivity contribution < 1.29 is 19.1 Å². The molecule has 0 spiro atoms. The van der Waals surface area contributed by atoms with Crippen molar-refractivity contribution >= 4 is 17.9 Å². The molecule has 3 atom stereocenters. The number of hydrogen-bond donors (Lipinski definition) is 2. The van der Waals surface area contributed by atoms with Gasteiger partial charge in [-0.1, -0.05) is 65.2 Å². The van der Waals surface area contributed by atoms with Gasteiger partial charge < -0.3 is 20.3 Å². The molecule has 3 amide bonds. The molecule has 1 saturated carbocycles. The normalized spacial score (nSPS) is 16.7. The maximum absolute atomic E-state index is 14.7. The average Bonchev–Trinajstić information content (AvgIpc) is 2.85. The van der Waals surface area contributed by atoms with Gasteiger partial charge in [-0.15, -0.1) is 0 Å². The van der Waals surface area contributed by atoms with Crippen LogP contribution in [0, 0.1) is 25.7 Å². The van der Waals surface area contributed by atoms with Crippen LogP contribution in [0.4, 0.5) is 4.79 Å². The Morgan fingerprint density at radius 1 is 0.927 bits per heavy atom. The second-order valence-electron chi connectivity index (χ2n) is 13.9. The van der Waals surface area contributed by atoms with Gasteiger partial charge >= 0.3 is 6.09 Å². The number of nitrogens with zero attached hydrogens (tertiary/aromatic N) is 1. The van der Waals surface area contributed by atoms with Gasteiger partial charge in [0, 0.05) is 12.1 Å². The molecule has 7 heteroatoms. The van der Waals surface area contributed by atoms with Gasteiger partial charge in [0.15, 0.2) is 0 Å². The van der Waals surface area contributed by atoms with Gasteiger partial charge in [-0.05, 0) is 102 Å². The van der Waals surface area contributed by atoms with Gasteiger partial charge in [-0.2, -0.15) is 0 Å². The summed E-state index contributed by atoms with van der Waals surface area (Å²) < 4.78 is 5.55. The summed E-state index contributed by atoms with van der Waals surface area (Å²) in [6.45, 7) is 19.9. The van der Waals surface area contributed by atoms with Gasteiger partial charge in [0.25, 0.3) is 0 Å². The molecule has 1 fully saturated rings. The van der Waals surface area contributed by atoms with E-state index in [4.69, 9.17) is 4.74 Å². The van der Waals surface area contributed by atoms with Crippen LogP contribution >= 0.6 is 0 Å². The second kappa shape index (κ2) is 15.6. The lowest BCUT2D eigenvalue weighted by atomic mass is 9.90. The van der Waals surface area contributed by atoms with Gasteiger partial charge in [-0.25, -0.2) is 4.79 Å². The Morgan fingerprint density at radius 3 is 2.02 bits per heavy atom. The molecule has 7 nitrogen and oxygen atoms in total. The van der Waals surface area contributed by atoms with Gasteiger partial charge in [0.1, 0.15) is 17.7 Å². The van der Waals surface area contributed by atoms with Gasteiger partial charge in [0.05, 0.1) is 0 Å². The summed E-state index contributed by atoms with van der Waals surface area (Å²) >= 11 is 0. The molecule has 0 bridgehead atoms. The minimum Gasteiger partial charge on any atom is -0.444 e. The largest absolute Gasteiger partial charge is 0.444 e. The van der Waals surface area contributed by atoms with Crippen LogP contribution in [0.3, 0.4) is 0 Å². The number of benzene rings is 1. The molecule has 1 aromatic carbocycles. The SMILES string of the molecule is Cc1cccc(C)c1C(C(=O)NC1CCCCC1)N(C(=O)C(CC(C)C)NC(=O)OC(C)(C)C)C(C)CCC(C)C. The van der Waals surface area contributed by atoms with Gasteiger partial charge in [-0.3, -0.25) is 9.59 Å². The molecule has 2 rings (SSSR count). The molecule has 1 aliphatic rings. The van der Waals surface area contributed by atoms with Crippen molar-refractivity contribution in [2.45, 2.75) is 150 Å². The van der Waals surface area contributed by atoms with Crippen LogP contribution in [0.2, 0.25) is 0 Å². The lowest BCUT2D eigenvalue weighted by molar-refractivity contribution is -0.146. The Balaban J connectivity index is 2.63. The van der Waals surface area contributed by atoms with E-state index in [0.717, 1.165) is 55.2 Å². The first kappa shape index (κ1) is 34.6. The van der Waals surface area contributed by atoms with Crippen LogP contribution < -0.4 is 10.6 Å². The number of hydrogen-bond acceptors (Lipinski definition) is 4. The van der Waals surface area contributed by atoms with E-state index in [1.807, 2.05) is 52.8 Å². The topological polar surface area (TPSA) is 87.7 Å². The fourth-order valence-electron chi connectivity index (χ4n) is 5.82. The van der Waals surface area contributed by atoms with Crippen LogP contribution in [-0.4, -0.2) is 46.5 Å². The summed E-state index contributed by atoms with van der Waals surface area (Å²) in [7, 11) is 0. The van der Waals surface area contributed by atoms with Crippen LogP contribution in [0.1, 0.15) is 129 Å². The number of amides is 3. The third kappa shape index (κ3) is 11.0. The smallest absolute Gasteiger partial charge is 0.408 e. The van der Waals surface area contributed by atoms with Crippen molar-refractivity contribution in [1.29, 1.82) is 0 Å². The number of aryl methyl sites for hydroxylation is 2. The summed E-state index contributed by atoms with van der Waals surface area (Å²) in [4.78, 5) is 43.7. The molecule has 0 saturated heterocycles. The summed E-state index contributed by atoms with van der Waals surface area (Å²) in [5.74, 6) is 0.212. The first-order valence-corrected chi connectivity index (χ1v) is 15.8. The highest BCUT2D eigenvalue weighted by Crippen LogP contribution is 2.33. The van der Waals surface area contributed by atoms with Gasteiger partial charge in [0.2, 0.25) is 11.8 Å². The maximum Gasteiger partial charge on any atom is 0.408 e. The minimum absolute atomic E-state index is 0.109. The van der Waals surface area contributed by atoms with Crippen molar-refractivity contribution in [3.63, 3.8) is 0 Å². The van der Waals surface area contributed by atoms with E-state index in [2.05, 4.69) is 24.5 Å². The lowest BCUT2D eigenvalue weighted by Gasteiger charge is -2.40. The highest BCUT2D eigenvalue weighted by atomic mass is 16.6. The minimum atomic E-state index is -0.819. The number of carbonyl (C=O) groups is 3. The van der Waals surface area contributed by atoms with Crippen LogP contribution in [0.15, 0.2) is 18.2 Å².